The van der Waals surface area contributed by atoms with E-state index in [-0.39, 0.29) is 0 Å². The van der Waals surface area contributed by atoms with Gasteiger partial charge in [-0.05, 0) is 82.5 Å². The Morgan fingerprint density at radius 3 is 2.57 bits per heavy atom. The molecule has 0 radical (unpaired) electrons. The van der Waals surface area contributed by atoms with Crippen LogP contribution in [0.3, 0.4) is 0 Å². The van der Waals surface area contributed by atoms with Gasteiger partial charge in [-0.3, -0.25) is 0 Å². The maximum atomic E-state index is 6.08. The van der Waals surface area contributed by atoms with E-state index in [1.54, 1.807) is 0 Å². The minimum atomic E-state index is 0.300. The summed E-state index contributed by atoms with van der Waals surface area (Å²) in [4.78, 5) is 9.14. The average Bonchev–Trinajstić information content (AvgIpc) is 2.72. The number of nitrogens with zero attached hydrogens (tertiary/aromatic N) is 2. The standard InChI is InChI=1S/C24H31N5O/c1-16-12-17(2)14-20(13-16)27-23-18(3)15-26-24(29-23)28-19-4-6-21(7-5-19)30-22-8-10-25-11-9-22/h4-7,12-13,15,17,22,25H,8-11,14H2,1-3H3,(H2,26,27,28,29). The monoisotopic (exact) mass is 405 g/mol. The Kier molecular flexibility index (Phi) is 6.33. The summed E-state index contributed by atoms with van der Waals surface area (Å²) in [6.45, 7) is 8.44. The summed E-state index contributed by atoms with van der Waals surface area (Å²) in [7, 11) is 0. The topological polar surface area (TPSA) is 71.1 Å². The lowest BCUT2D eigenvalue weighted by molar-refractivity contribution is 0.162. The molecule has 3 N–H and O–H groups in total. The third-order valence-electron chi connectivity index (χ3n) is 5.44. The Labute approximate surface area is 178 Å². The summed E-state index contributed by atoms with van der Waals surface area (Å²) in [5, 5.41) is 10.2. The minimum absolute atomic E-state index is 0.300. The summed E-state index contributed by atoms with van der Waals surface area (Å²) < 4.78 is 6.08. The van der Waals surface area contributed by atoms with Crippen LogP contribution in [0, 0.1) is 12.8 Å². The largest absolute Gasteiger partial charge is 0.490 e. The van der Waals surface area contributed by atoms with E-state index in [4.69, 9.17) is 9.72 Å². The predicted molar refractivity (Wildman–Crippen MR) is 122 cm³/mol. The predicted octanol–water partition coefficient (Wildman–Crippen LogP) is 4.94. The van der Waals surface area contributed by atoms with Crippen LogP contribution in [-0.2, 0) is 0 Å². The van der Waals surface area contributed by atoms with E-state index >= 15 is 0 Å². The van der Waals surface area contributed by atoms with Crippen molar-refractivity contribution in [3.05, 3.63) is 59.4 Å². The summed E-state index contributed by atoms with van der Waals surface area (Å²) in [5.74, 6) is 2.85. The highest BCUT2D eigenvalue weighted by molar-refractivity contribution is 5.58. The zero-order valence-electron chi connectivity index (χ0n) is 18.0. The molecule has 6 heteroatoms. The molecule has 0 saturated carbocycles. The number of nitrogens with one attached hydrogen (secondary N) is 3. The number of hydrogen-bond donors (Lipinski definition) is 3. The van der Waals surface area contributed by atoms with Gasteiger partial charge in [0.2, 0.25) is 5.95 Å². The number of ether oxygens (including phenoxy) is 1. The van der Waals surface area contributed by atoms with Gasteiger partial charge in [0, 0.05) is 23.1 Å². The van der Waals surface area contributed by atoms with E-state index in [0.717, 1.165) is 55.2 Å². The fraction of sp³-hybridized carbons (Fsp3) is 0.417. The molecule has 2 heterocycles. The third-order valence-corrected chi connectivity index (χ3v) is 5.44. The highest BCUT2D eigenvalue weighted by Gasteiger charge is 2.15. The Balaban J connectivity index is 1.41. The highest BCUT2D eigenvalue weighted by Crippen LogP contribution is 2.26. The van der Waals surface area contributed by atoms with Crippen molar-refractivity contribution in [2.24, 2.45) is 5.92 Å². The molecular weight excluding hydrogens is 374 g/mol. The van der Waals surface area contributed by atoms with Gasteiger partial charge >= 0.3 is 0 Å². The van der Waals surface area contributed by atoms with Gasteiger partial charge in [-0.2, -0.15) is 4.98 Å². The molecule has 0 bridgehead atoms. The van der Waals surface area contributed by atoms with Crippen LogP contribution in [0.25, 0.3) is 0 Å². The Morgan fingerprint density at radius 2 is 1.83 bits per heavy atom. The molecular formula is C24H31N5O. The zero-order valence-corrected chi connectivity index (χ0v) is 18.0. The van der Waals surface area contributed by atoms with Crippen molar-refractivity contribution in [1.29, 1.82) is 0 Å². The molecule has 1 aliphatic heterocycles. The molecule has 158 valence electrons. The summed E-state index contributed by atoms with van der Waals surface area (Å²) >= 11 is 0. The second kappa shape index (κ2) is 9.30. The first-order valence-corrected chi connectivity index (χ1v) is 10.8. The maximum Gasteiger partial charge on any atom is 0.229 e. The molecule has 4 rings (SSSR count). The summed E-state index contributed by atoms with van der Waals surface area (Å²) in [5.41, 5.74) is 4.43. The van der Waals surface area contributed by atoms with E-state index in [1.807, 2.05) is 37.4 Å². The first kappa shape index (κ1) is 20.4. The van der Waals surface area contributed by atoms with Gasteiger partial charge < -0.3 is 20.7 Å². The van der Waals surface area contributed by atoms with Crippen LogP contribution in [0.2, 0.25) is 0 Å². The fourth-order valence-electron chi connectivity index (χ4n) is 3.96. The summed E-state index contributed by atoms with van der Waals surface area (Å²) in [6, 6.07) is 8.01. The van der Waals surface area contributed by atoms with Crippen molar-refractivity contribution < 1.29 is 4.74 Å². The first-order valence-electron chi connectivity index (χ1n) is 10.8. The lowest BCUT2D eigenvalue weighted by Crippen LogP contribution is -2.34. The van der Waals surface area contributed by atoms with Gasteiger partial charge in [-0.15, -0.1) is 0 Å². The number of aryl methyl sites for hydroxylation is 1. The van der Waals surface area contributed by atoms with Crippen molar-refractivity contribution in [2.75, 3.05) is 23.7 Å². The van der Waals surface area contributed by atoms with E-state index in [9.17, 15) is 0 Å². The van der Waals surface area contributed by atoms with E-state index in [0.29, 0.717) is 18.0 Å². The number of anilines is 3. The third kappa shape index (κ3) is 5.39. The number of allylic oxidation sites excluding steroid dienone is 4. The maximum absolute atomic E-state index is 6.08. The van der Waals surface area contributed by atoms with Crippen molar-refractivity contribution >= 4 is 17.5 Å². The molecule has 1 atom stereocenters. The van der Waals surface area contributed by atoms with E-state index < -0.39 is 0 Å². The van der Waals surface area contributed by atoms with E-state index in [1.165, 1.54) is 11.3 Å². The summed E-state index contributed by atoms with van der Waals surface area (Å²) in [6.07, 6.45) is 9.73. The lowest BCUT2D eigenvalue weighted by Gasteiger charge is -2.23. The molecule has 1 fully saturated rings. The molecule has 1 unspecified atom stereocenters. The number of piperidine rings is 1. The van der Waals surface area contributed by atoms with Crippen LogP contribution in [-0.4, -0.2) is 29.2 Å². The van der Waals surface area contributed by atoms with E-state index in [2.05, 4.69) is 46.9 Å². The van der Waals surface area contributed by atoms with Gasteiger partial charge in [-0.25, -0.2) is 4.98 Å². The molecule has 1 saturated heterocycles. The van der Waals surface area contributed by atoms with Crippen LogP contribution in [0.15, 0.2) is 53.9 Å². The van der Waals surface area contributed by atoms with Gasteiger partial charge in [0.25, 0.3) is 0 Å². The highest BCUT2D eigenvalue weighted by atomic mass is 16.5. The number of benzene rings is 1. The quantitative estimate of drug-likeness (QED) is 0.632. The number of rotatable bonds is 6. The normalized spacial score (nSPS) is 19.6. The minimum Gasteiger partial charge on any atom is -0.490 e. The molecule has 2 aliphatic rings. The van der Waals surface area contributed by atoms with Gasteiger partial charge in [0.1, 0.15) is 17.7 Å². The van der Waals surface area contributed by atoms with Crippen molar-refractivity contribution in [2.45, 2.75) is 46.1 Å². The van der Waals surface area contributed by atoms with Gasteiger partial charge in [0.15, 0.2) is 0 Å². The molecule has 2 aromatic rings. The molecule has 1 aliphatic carbocycles. The van der Waals surface area contributed by atoms with Gasteiger partial charge in [-0.1, -0.05) is 18.6 Å². The Morgan fingerprint density at radius 1 is 1.07 bits per heavy atom. The Bertz CT molecular complexity index is 929. The first-order chi connectivity index (χ1) is 14.5. The average molecular weight is 406 g/mol. The molecule has 1 aromatic carbocycles. The van der Waals surface area contributed by atoms with Gasteiger partial charge in [0.05, 0.1) is 0 Å². The number of hydrogen-bond acceptors (Lipinski definition) is 6. The molecule has 1 aromatic heterocycles. The number of aromatic nitrogens is 2. The molecule has 6 nitrogen and oxygen atoms in total. The van der Waals surface area contributed by atoms with Crippen LogP contribution >= 0.6 is 0 Å². The van der Waals surface area contributed by atoms with Crippen molar-refractivity contribution in [3.63, 3.8) is 0 Å². The molecule has 30 heavy (non-hydrogen) atoms. The van der Waals surface area contributed by atoms with Crippen LogP contribution < -0.4 is 20.7 Å². The second-order valence-corrected chi connectivity index (χ2v) is 8.33. The Hall–Kier alpha value is -2.86. The SMILES string of the molecule is CC1=CC(C)CC(Nc2nc(Nc3ccc(OC4CCNCC4)cc3)ncc2C)=C1. The van der Waals surface area contributed by atoms with Crippen molar-refractivity contribution in [3.8, 4) is 5.75 Å². The van der Waals surface area contributed by atoms with Crippen LogP contribution in [0.1, 0.15) is 38.7 Å². The lowest BCUT2D eigenvalue weighted by atomic mass is 9.96. The van der Waals surface area contributed by atoms with Crippen LogP contribution in [0.5, 0.6) is 5.75 Å². The molecule has 0 spiro atoms. The fourth-order valence-corrected chi connectivity index (χ4v) is 3.96. The molecule has 0 amide bonds. The van der Waals surface area contributed by atoms with Crippen molar-refractivity contribution in [1.82, 2.24) is 15.3 Å². The second-order valence-electron chi connectivity index (χ2n) is 8.33. The zero-order chi connectivity index (χ0) is 20.9. The smallest absolute Gasteiger partial charge is 0.229 e. The van der Waals surface area contributed by atoms with Crippen LogP contribution in [0.4, 0.5) is 17.5 Å².